The second-order valence-corrected chi connectivity index (χ2v) is 5.14. The zero-order chi connectivity index (χ0) is 10.8. The first-order chi connectivity index (χ1) is 6.44. The summed E-state index contributed by atoms with van der Waals surface area (Å²) < 4.78 is 0. The van der Waals surface area contributed by atoms with Gasteiger partial charge in [0.1, 0.15) is 5.78 Å². The molecule has 0 heterocycles. The third-order valence-electron chi connectivity index (χ3n) is 3.75. The van der Waals surface area contributed by atoms with Gasteiger partial charge in [-0.25, -0.2) is 0 Å². The molecule has 1 unspecified atom stereocenters. The lowest BCUT2D eigenvalue weighted by Gasteiger charge is -2.28. The number of carbonyl (C=O) groups excluding carboxylic acids is 1. The van der Waals surface area contributed by atoms with Gasteiger partial charge in [0.15, 0.2) is 0 Å². The second kappa shape index (κ2) is 4.29. The highest BCUT2D eigenvalue weighted by atomic mass is 16.1. The van der Waals surface area contributed by atoms with Crippen LogP contribution < -0.4 is 0 Å². The lowest BCUT2D eigenvalue weighted by Crippen LogP contribution is -2.18. The average Bonchev–Trinajstić information content (AvgIpc) is 2.30. The molecule has 0 spiro atoms. The summed E-state index contributed by atoms with van der Waals surface area (Å²) in [7, 11) is 0. The predicted octanol–water partition coefficient (Wildman–Crippen LogP) is 3.74. The summed E-state index contributed by atoms with van der Waals surface area (Å²) in [5, 5.41) is 0. The molecule has 0 aromatic heterocycles. The minimum Gasteiger partial charge on any atom is -0.300 e. The van der Waals surface area contributed by atoms with Gasteiger partial charge < -0.3 is 4.79 Å². The summed E-state index contributed by atoms with van der Waals surface area (Å²) in [5.41, 5.74) is 1.92. The van der Waals surface area contributed by atoms with E-state index in [0.29, 0.717) is 11.2 Å². The fourth-order valence-electron chi connectivity index (χ4n) is 2.15. The Morgan fingerprint density at radius 3 is 2.64 bits per heavy atom. The van der Waals surface area contributed by atoms with Crippen LogP contribution in [0.5, 0.6) is 0 Å². The first-order valence-corrected chi connectivity index (χ1v) is 5.63. The molecular formula is C13H22O. The molecule has 1 rings (SSSR count). The van der Waals surface area contributed by atoms with Gasteiger partial charge in [-0.15, -0.1) is 0 Å². The highest BCUT2D eigenvalue weighted by Crippen LogP contribution is 2.44. The van der Waals surface area contributed by atoms with Crippen LogP contribution in [-0.2, 0) is 4.79 Å². The molecule has 0 fully saturated rings. The lowest BCUT2D eigenvalue weighted by molar-refractivity contribution is -0.117. The Hall–Kier alpha value is -0.590. The van der Waals surface area contributed by atoms with E-state index < -0.39 is 0 Å². The zero-order valence-corrected chi connectivity index (χ0v) is 9.89. The van der Waals surface area contributed by atoms with E-state index in [1.807, 2.05) is 0 Å². The molecule has 0 radical (unpaired) electrons. The SMILES string of the molecule is CC(=O)CCCC1=CCC(C)C1(C)C. The molecule has 1 aliphatic rings. The van der Waals surface area contributed by atoms with Crippen LogP contribution in [0.1, 0.15) is 53.4 Å². The standard InChI is InChI=1S/C13H22O/c1-10-8-9-12(13(10,3)4)7-5-6-11(2)14/h9-10H,5-8H2,1-4H3. The summed E-state index contributed by atoms with van der Waals surface area (Å²) in [5.74, 6) is 1.07. The molecule has 0 saturated carbocycles. The van der Waals surface area contributed by atoms with Crippen LogP contribution in [0.2, 0.25) is 0 Å². The third kappa shape index (κ3) is 2.46. The van der Waals surface area contributed by atoms with Crippen LogP contribution in [0.3, 0.4) is 0 Å². The number of ketones is 1. The van der Waals surface area contributed by atoms with E-state index >= 15 is 0 Å². The fraction of sp³-hybridized carbons (Fsp3) is 0.769. The van der Waals surface area contributed by atoms with Crippen LogP contribution in [-0.4, -0.2) is 5.78 Å². The van der Waals surface area contributed by atoms with Crippen LogP contribution >= 0.6 is 0 Å². The van der Waals surface area contributed by atoms with Crippen molar-refractivity contribution in [1.82, 2.24) is 0 Å². The van der Waals surface area contributed by atoms with E-state index in [1.165, 1.54) is 6.42 Å². The van der Waals surface area contributed by atoms with Crippen molar-refractivity contribution in [1.29, 1.82) is 0 Å². The highest BCUT2D eigenvalue weighted by molar-refractivity contribution is 5.75. The average molecular weight is 194 g/mol. The maximum atomic E-state index is 10.8. The van der Waals surface area contributed by atoms with Crippen LogP contribution in [0, 0.1) is 11.3 Å². The highest BCUT2D eigenvalue weighted by Gasteiger charge is 2.33. The maximum Gasteiger partial charge on any atom is 0.129 e. The lowest BCUT2D eigenvalue weighted by atomic mass is 9.77. The fourth-order valence-corrected chi connectivity index (χ4v) is 2.15. The van der Waals surface area contributed by atoms with Crippen LogP contribution in [0.4, 0.5) is 0 Å². The molecule has 0 aromatic rings. The number of carbonyl (C=O) groups is 1. The van der Waals surface area contributed by atoms with Gasteiger partial charge in [-0.3, -0.25) is 0 Å². The van der Waals surface area contributed by atoms with Crippen molar-refractivity contribution in [2.75, 3.05) is 0 Å². The summed E-state index contributed by atoms with van der Waals surface area (Å²) in [6, 6.07) is 0. The number of hydrogen-bond acceptors (Lipinski definition) is 1. The molecular weight excluding hydrogens is 172 g/mol. The molecule has 0 bridgehead atoms. The third-order valence-corrected chi connectivity index (χ3v) is 3.75. The zero-order valence-electron chi connectivity index (χ0n) is 9.89. The van der Waals surface area contributed by atoms with E-state index in [-0.39, 0.29) is 0 Å². The van der Waals surface area contributed by atoms with Crippen LogP contribution in [0.15, 0.2) is 11.6 Å². The Bertz CT molecular complexity index is 248. The molecule has 0 aliphatic heterocycles. The van der Waals surface area contributed by atoms with Gasteiger partial charge in [-0.2, -0.15) is 0 Å². The molecule has 1 nitrogen and oxygen atoms in total. The molecule has 1 atom stereocenters. The quantitative estimate of drug-likeness (QED) is 0.623. The Balaban J connectivity index is 2.42. The summed E-state index contributed by atoms with van der Waals surface area (Å²) in [6.07, 6.45) is 6.46. The molecule has 1 heteroatoms. The van der Waals surface area contributed by atoms with Crippen molar-refractivity contribution in [2.45, 2.75) is 53.4 Å². The Kier molecular flexibility index (Phi) is 3.52. The second-order valence-electron chi connectivity index (χ2n) is 5.14. The van der Waals surface area contributed by atoms with Crippen molar-refractivity contribution in [3.63, 3.8) is 0 Å². The maximum absolute atomic E-state index is 10.8. The molecule has 0 amide bonds. The van der Waals surface area contributed by atoms with Gasteiger partial charge in [0.2, 0.25) is 0 Å². The van der Waals surface area contributed by atoms with Crippen molar-refractivity contribution in [2.24, 2.45) is 11.3 Å². The number of rotatable bonds is 4. The molecule has 0 saturated heterocycles. The summed E-state index contributed by atoms with van der Waals surface area (Å²) >= 11 is 0. The normalized spacial score (nSPS) is 24.9. The largest absolute Gasteiger partial charge is 0.300 e. The van der Waals surface area contributed by atoms with Gasteiger partial charge in [0, 0.05) is 6.42 Å². The van der Waals surface area contributed by atoms with Crippen molar-refractivity contribution < 1.29 is 4.79 Å². The van der Waals surface area contributed by atoms with Crippen LogP contribution in [0.25, 0.3) is 0 Å². The van der Waals surface area contributed by atoms with Crippen molar-refractivity contribution in [3.8, 4) is 0 Å². The van der Waals surface area contributed by atoms with Gasteiger partial charge in [-0.1, -0.05) is 32.4 Å². The predicted molar refractivity (Wildman–Crippen MR) is 60.2 cm³/mol. The first-order valence-electron chi connectivity index (χ1n) is 5.63. The molecule has 80 valence electrons. The molecule has 1 aliphatic carbocycles. The van der Waals surface area contributed by atoms with E-state index in [9.17, 15) is 4.79 Å². The number of Topliss-reactive ketones (excluding diaryl/α,β-unsaturated/α-hetero) is 1. The van der Waals surface area contributed by atoms with E-state index in [2.05, 4.69) is 26.8 Å². The Morgan fingerprint density at radius 2 is 2.21 bits per heavy atom. The monoisotopic (exact) mass is 194 g/mol. The van der Waals surface area contributed by atoms with Gasteiger partial charge >= 0.3 is 0 Å². The van der Waals surface area contributed by atoms with Gasteiger partial charge in [-0.05, 0) is 37.5 Å². The smallest absolute Gasteiger partial charge is 0.129 e. The summed E-state index contributed by atoms with van der Waals surface area (Å²) in [4.78, 5) is 10.8. The first kappa shape index (κ1) is 11.5. The van der Waals surface area contributed by atoms with Gasteiger partial charge in [0.05, 0.1) is 0 Å². The molecule has 14 heavy (non-hydrogen) atoms. The van der Waals surface area contributed by atoms with Crippen molar-refractivity contribution in [3.05, 3.63) is 11.6 Å². The van der Waals surface area contributed by atoms with E-state index in [0.717, 1.165) is 25.2 Å². The molecule has 0 aromatic carbocycles. The Morgan fingerprint density at radius 1 is 1.57 bits per heavy atom. The summed E-state index contributed by atoms with van der Waals surface area (Å²) in [6.45, 7) is 8.64. The minimum absolute atomic E-state index is 0.314. The van der Waals surface area contributed by atoms with Gasteiger partial charge in [0.25, 0.3) is 0 Å². The number of hydrogen-bond donors (Lipinski definition) is 0. The van der Waals surface area contributed by atoms with Crippen molar-refractivity contribution >= 4 is 5.78 Å². The number of allylic oxidation sites excluding steroid dienone is 2. The minimum atomic E-state index is 0.314. The molecule has 0 N–H and O–H groups in total. The Labute approximate surface area is 87.6 Å². The van der Waals surface area contributed by atoms with E-state index in [1.54, 1.807) is 12.5 Å². The topological polar surface area (TPSA) is 17.1 Å². The van der Waals surface area contributed by atoms with E-state index in [4.69, 9.17) is 0 Å².